The van der Waals surface area contributed by atoms with Crippen LogP contribution >= 0.6 is 0 Å². The van der Waals surface area contributed by atoms with Gasteiger partial charge in [-0.15, -0.1) is 5.10 Å². The van der Waals surface area contributed by atoms with Crippen molar-refractivity contribution in [1.29, 1.82) is 0 Å². The summed E-state index contributed by atoms with van der Waals surface area (Å²) < 4.78 is 7.24. The van der Waals surface area contributed by atoms with Gasteiger partial charge in [0.25, 0.3) is 0 Å². The Morgan fingerprint density at radius 2 is 1.07 bits per heavy atom. The van der Waals surface area contributed by atoms with E-state index < -0.39 is 5.97 Å². The molecule has 1 aromatic heterocycles. The number of ether oxygens (including phenoxy) is 1. The molecule has 7 nitrogen and oxygen atoms in total. The van der Waals surface area contributed by atoms with Gasteiger partial charge in [-0.25, -0.2) is 0 Å². The number of hydrogen-bond acceptors (Lipinski definition) is 5. The first-order valence-corrected chi connectivity index (χ1v) is 16.9. The van der Waals surface area contributed by atoms with Crippen LogP contribution in [0.2, 0.25) is 0 Å². The van der Waals surface area contributed by atoms with Crippen LogP contribution in [0, 0.1) is 0 Å². The summed E-state index contributed by atoms with van der Waals surface area (Å²) in [5.74, 6) is -0.822. The molecule has 0 bridgehead atoms. The maximum Gasteiger partial charge on any atom is 0.306 e. The van der Waals surface area contributed by atoms with Gasteiger partial charge in [0.2, 0.25) is 0 Å². The maximum absolute atomic E-state index is 12.1. The lowest BCUT2D eigenvalue weighted by Crippen LogP contribution is -2.04. The number of carboxylic acid groups (broad SMARTS) is 1. The van der Waals surface area contributed by atoms with Crippen LogP contribution in [-0.4, -0.2) is 32.0 Å². The van der Waals surface area contributed by atoms with Gasteiger partial charge in [0, 0.05) is 19.4 Å². The number of carboxylic acids is 1. The van der Waals surface area contributed by atoms with Gasteiger partial charge in [0.05, 0.1) is 6.20 Å². The van der Waals surface area contributed by atoms with Crippen LogP contribution in [0.3, 0.4) is 0 Å². The highest BCUT2D eigenvalue weighted by Crippen LogP contribution is 2.14. The van der Waals surface area contributed by atoms with Crippen molar-refractivity contribution in [2.24, 2.45) is 0 Å². The monoisotopic (exact) mass is 563 g/mol. The van der Waals surface area contributed by atoms with E-state index in [0.29, 0.717) is 18.5 Å². The van der Waals surface area contributed by atoms with Crippen molar-refractivity contribution in [3.8, 4) is 0 Å². The molecule has 0 fully saturated rings. The molecule has 0 radical (unpaired) electrons. The zero-order chi connectivity index (χ0) is 28.9. The highest BCUT2D eigenvalue weighted by Gasteiger charge is 2.07. The Labute approximate surface area is 245 Å². The Hall–Kier alpha value is -1.92. The van der Waals surface area contributed by atoms with Crippen molar-refractivity contribution >= 4 is 11.9 Å². The zero-order valence-corrected chi connectivity index (χ0v) is 25.9. The first kappa shape index (κ1) is 36.1. The number of hydrogen-bond donors (Lipinski definition) is 1. The molecule has 40 heavy (non-hydrogen) atoms. The topological polar surface area (TPSA) is 94.3 Å². The molecule has 0 aliphatic carbocycles. The number of carbonyl (C=O) groups is 2. The van der Waals surface area contributed by atoms with Crippen LogP contribution in [0.1, 0.15) is 180 Å². The summed E-state index contributed by atoms with van der Waals surface area (Å²) in [5, 5.41) is 16.9. The van der Waals surface area contributed by atoms with Crippen LogP contribution < -0.4 is 0 Å². The van der Waals surface area contributed by atoms with Crippen molar-refractivity contribution < 1.29 is 19.4 Å². The van der Waals surface area contributed by atoms with E-state index in [2.05, 4.69) is 17.2 Å². The first-order valence-electron chi connectivity index (χ1n) is 16.9. The predicted octanol–water partition coefficient (Wildman–Crippen LogP) is 9.57. The minimum Gasteiger partial charge on any atom is -0.481 e. The standard InChI is InChI=1S/C33H61N3O4/c1-2-3-4-5-6-7-8-9-10-11-12-15-18-21-24-27-33(39)40-30-31-29-36(35-34-31)28-25-22-19-16-13-14-17-20-23-26-32(37)38/h29H,2-28,30H2,1H3,(H,37,38). The molecule has 1 rings (SSSR count). The smallest absolute Gasteiger partial charge is 0.306 e. The molecule has 0 atom stereocenters. The molecule has 232 valence electrons. The SMILES string of the molecule is CCCCCCCCCCCCCCCCCC(=O)OCc1cn(CCCCCCCCCCCC(=O)O)nn1. The molecule has 0 spiro atoms. The summed E-state index contributed by atoms with van der Waals surface area (Å²) in [6.07, 6.45) is 32.6. The van der Waals surface area contributed by atoms with Gasteiger partial charge < -0.3 is 9.84 Å². The Morgan fingerprint density at radius 3 is 1.55 bits per heavy atom. The third-order valence-corrected chi connectivity index (χ3v) is 7.73. The maximum atomic E-state index is 12.1. The molecular formula is C33H61N3O4. The van der Waals surface area contributed by atoms with Crippen molar-refractivity contribution in [3.05, 3.63) is 11.9 Å². The molecular weight excluding hydrogens is 502 g/mol. The second kappa shape index (κ2) is 27.3. The molecule has 1 N–H and O–H groups in total. The second-order valence-electron chi connectivity index (χ2n) is 11.7. The summed E-state index contributed by atoms with van der Waals surface area (Å²) in [7, 11) is 0. The Balaban J connectivity index is 1.86. The van der Waals surface area contributed by atoms with Gasteiger partial charge in [-0.1, -0.05) is 147 Å². The molecule has 7 heteroatoms. The van der Waals surface area contributed by atoms with E-state index in [1.807, 2.05) is 10.9 Å². The van der Waals surface area contributed by atoms with E-state index >= 15 is 0 Å². The van der Waals surface area contributed by atoms with Crippen molar-refractivity contribution in [3.63, 3.8) is 0 Å². The Morgan fingerprint density at radius 1 is 0.650 bits per heavy atom. The number of rotatable bonds is 30. The van der Waals surface area contributed by atoms with Gasteiger partial charge in [-0.05, 0) is 19.3 Å². The summed E-state index contributed by atoms with van der Waals surface area (Å²) in [6, 6.07) is 0. The van der Waals surface area contributed by atoms with Gasteiger partial charge in [-0.2, -0.15) is 0 Å². The summed E-state index contributed by atoms with van der Waals surface area (Å²) in [5.41, 5.74) is 0.716. The lowest BCUT2D eigenvalue weighted by atomic mass is 10.0. The molecule has 0 aromatic carbocycles. The minimum atomic E-state index is -0.689. The van der Waals surface area contributed by atoms with Crippen molar-refractivity contribution in [2.45, 2.75) is 187 Å². The van der Waals surface area contributed by atoms with E-state index in [-0.39, 0.29) is 12.6 Å². The largest absolute Gasteiger partial charge is 0.481 e. The Kier molecular flexibility index (Phi) is 24.6. The molecule has 0 saturated carbocycles. The van der Waals surface area contributed by atoms with Crippen LogP contribution in [0.15, 0.2) is 6.20 Å². The molecule has 0 amide bonds. The van der Waals surface area contributed by atoms with Gasteiger partial charge in [-0.3, -0.25) is 14.3 Å². The average Bonchev–Trinajstić information content (AvgIpc) is 3.40. The zero-order valence-electron chi connectivity index (χ0n) is 25.9. The molecule has 0 unspecified atom stereocenters. The van der Waals surface area contributed by atoms with Crippen LogP contribution in [0.25, 0.3) is 0 Å². The number of aryl methyl sites for hydroxylation is 1. The lowest BCUT2D eigenvalue weighted by Gasteiger charge is -2.04. The minimum absolute atomic E-state index is 0.133. The van der Waals surface area contributed by atoms with E-state index in [9.17, 15) is 9.59 Å². The third kappa shape index (κ3) is 23.9. The van der Waals surface area contributed by atoms with Gasteiger partial charge in [0.1, 0.15) is 12.3 Å². The first-order chi connectivity index (χ1) is 19.6. The van der Waals surface area contributed by atoms with Crippen LogP contribution in [0.5, 0.6) is 0 Å². The number of esters is 1. The number of aliphatic carboxylic acids is 1. The lowest BCUT2D eigenvalue weighted by molar-refractivity contribution is -0.145. The normalized spacial score (nSPS) is 11.2. The number of nitrogens with zero attached hydrogens (tertiary/aromatic N) is 3. The number of unbranched alkanes of at least 4 members (excludes halogenated alkanes) is 22. The second-order valence-corrected chi connectivity index (χ2v) is 11.7. The molecule has 1 heterocycles. The summed E-state index contributed by atoms with van der Waals surface area (Å²) in [6.45, 7) is 3.33. The number of carbonyl (C=O) groups excluding carboxylic acids is 1. The number of aromatic nitrogens is 3. The van der Waals surface area contributed by atoms with E-state index in [4.69, 9.17) is 9.84 Å². The highest BCUT2D eigenvalue weighted by molar-refractivity contribution is 5.69. The predicted molar refractivity (Wildman–Crippen MR) is 163 cm³/mol. The molecule has 0 aliphatic rings. The Bertz CT molecular complexity index is 722. The quantitative estimate of drug-likeness (QED) is 0.0739. The van der Waals surface area contributed by atoms with Crippen LogP contribution in [-0.2, 0) is 27.5 Å². The molecule has 1 aromatic rings. The van der Waals surface area contributed by atoms with E-state index in [0.717, 1.165) is 45.1 Å². The van der Waals surface area contributed by atoms with Crippen LogP contribution in [0.4, 0.5) is 0 Å². The summed E-state index contributed by atoms with van der Waals surface area (Å²) in [4.78, 5) is 22.5. The van der Waals surface area contributed by atoms with E-state index in [1.165, 1.54) is 116 Å². The average molecular weight is 564 g/mol. The fourth-order valence-electron chi connectivity index (χ4n) is 5.17. The van der Waals surface area contributed by atoms with Crippen molar-refractivity contribution in [1.82, 2.24) is 15.0 Å². The van der Waals surface area contributed by atoms with Crippen molar-refractivity contribution in [2.75, 3.05) is 0 Å². The molecule has 0 saturated heterocycles. The third-order valence-electron chi connectivity index (χ3n) is 7.73. The van der Waals surface area contributed by atoms with E-state index in [1.54, 1.807) is 0 Å². The fraction of sp³-hybridized carbons (Fsp3) is 0.879. The summed E-state index contributed by atoms with van der Waals surface area (Å²) >= 11 is 0. The van der Waals surface area contributed by atoms with Gasteiger partial charge in [0.15, 0.2) is 0 Å². The fourth-order valence-corrected chi connectivity index (χ4v) is 5.17. The molecule has 0 aliphatic heterocycles. The van der Waals surface area contributed by atoms with Gasteiger partial charge >= 0.3 is 11.9 Å². The highest BCUT2D eigenvalue weighted by atomic mass is 16.5.